The van der Waals surface area contributed by atoms with E-state index in [4.69, 9.17) is 9.47 Å². The van der Waals surface area contributed by atoms with Crippen LogP contribution in [0.5, 0.6) is 0 Å². The van der Waals surface area contributed by atoms with Gasteiger partial charge in [-0.15, -0.1) is 0 Å². The van der Waals surface area contributed by atoms with Gasteiger partial charge in [-0.25, -0.2) is 0 Å². The maximum Gasteiger partial charge on any atom is 0.0718 e. The minimum absolute atomic E-state index is 0.561. The molecule has 0 aliphatic rings. The fourth-order valence-electron chi connectivity index (χ4n) is 1.74. The second-order valence-electron chi connectivity index (χ2n) is 5.08. The molecule has 0 N–H and O–H groups in total. The SMILES string of the molecule is CCOCCOCc1cccc(CN(C)C(C)C)c1. The Kier molecular flexibility index (Phi) is 7.72. The molecule has 0 radical (unpaired) electrons. The van der Waals surface area contributed by atoms with E-state index in [1.807, 2.05) is 6.92 Å². The Hall–Kier alpha value is -0.900. The molecule has 0 heterocycles. The molecule has 0 saturated heterocycles. The number of rotatable bonds is 9. The van der Waals surface area contributed by atoms with Gasteiger partial charge in [0.25, 0.3) is 0 Å². The number of nitrogens with zero attached hydrogens (tertiary/aromatic N) is 1. The Labute approximate surface area is 117 Å². The summed E-state index contributed by atoms with van der Waals surface area (Å²) < 4.78 is 10.8. The molecule has 0 aliphatic heterocycles. The molecule has 1 aromatic rings. The maximum atomic E-state index is 5.59. The average Bonchev–Trinajstić information content (AvgIpc) is 2.39. The highest BCUT2D eigenvalue weighted by Gasteiger charge is 2.04. The molecule has 0 atom stereocenters. The minimum atomic E-state index is 0.561. The molecule has 0 unspecified atom stereocenters. The molecule has 0 spiro atoms. The molecule has 0 saturated carbocycles. The van der Waals surface area contributed by atoms with E-state index in [0.717, 1.165) is 13.2 Å². The summed E-state index contributed by atoms with van der Waals surface area (Å²) in [6, 6.07) is 9.16. The normalized spacial score (nSPS) is 11.5. The van der Waals surface area contributed by atoms with E-state index >= 15 is 0 Å². The van der Waals surface area contributed by atoms with Crippen molar-refractivity contribution in [3.05, 3.63) is 35.4 Å². The number of hydrogen-bond donors (Lipinski definition) is 0. The Morgan fingerprint density at radius 2 is 1.79 bits per heavy atom. The van der Waals surface area contributed by atoms with Crippen LogP contribution in [0, 0.1) is 0 Å². The van der Waals surface area contributed by atoms with Crippen molar-refractivity contribution in [2.75, 3.05) is 26.9 Å². The van der Waals surface area contributed by atoms with Gasteiger partial charge in [0.1, 0.15) is 0 Å². The van der Waals surface area contributed by atoms with Gasteiger partial charge in [0.2, 0.25) is 0 Å². The molecular weight excluding hydrogens is 238 g/mol. The van der Waals surface area contributed by atoms with Crippen molar-refractivity contribution in [1.29, 1.82) is 0 Å². The van der Waals surface area contributed by atoms with Crippen LogP contribution in [0.3, 0.4) is 0 Å². The highest BCUT2D eigenvalue weighted by molar-refractivity contribution is 5.22. The lowest BCUT2D eigenvalue weighted by molar-refractivity contribution is 0.0452. The van der Waals surface area contributed by atoms with E-state index in [2.05, 4.69) is 50.1 Å². The summed E-state index contributed by atoms with van der Waals surface area (Å²) in [5, 5.41) is 0. The number of benzene rings is 1. The van der Waals surface area contributed by atoms with Crippen LogP contribution >= 0.6 is 0 Å². The molecule has 0 aliphatic carbocycles. The quantitative estimate of drug-likeness (QED) is 0.640. The average molecular weight is 265 g/mol. The third-order valence-corrected chi connectivity index (χ3v) is 3.15. The van der Waals surface area contributed by atoms with Crippen LogP contribution in [0.4, 0.5) is 0 Å². The molecule has 108 valence electrons. The Balaban J connectivity index is 2.39. The van der Waals surface area contributed by atoms with E-state index in [9.17, 15) is 0 Å². The van der Waals surface area contributed by atoms with Gasteiger partial charge in [-0.2, -0.15) is 0 Å². The highest BCUT2D eigenvalue weighted by Crippen LogP contribution is 2.10. The van der Waals surface area contributed by atoms with Crippen molar-refractivity contribution in [2.24, 2.45) is 0 Å². The molecule has 3 heteroatoms. The molecule has 0 bridgehead atoms. The fraction of sp³-hybridized carbons (Fsp3) is 0.625. The first kappa shape index (κ1) is 16.2. The molecule has 0 amide bonds. The van der Waals surface area contributed by atoms with E-state index in [1.165, 1.54) is 11.1 Å². The molecule has 19 heavy (non-hydrogen) atoms. The number of hydrogen-bond acceptors (Lipinski definition) is 3. The van der Waals surface area contributed by atoms with E-state index < -0.39 is 0 Å². The van der Waals surface area contributed by atoms with Gasteiger partial charge in [-0.3, -0.25) is 4.90 Å². The van der Waals surface area contributed by atoms with Gasteiger partial charge in [-0.05, 0) is 38.9 Å². The zero-order chi connectivity index (χ0) is 14.1. The van der Waals surface area contributed by atoms with Crippen LogP contribution in [0.25, 0.3) is 0 Å². The summed E-state index contributed by atoms with van der Waals surface area (Å²) in [5.74, 6) is 0. The zero-order valence-electron chi connectivity index (χ0n) is 12.7. The summed E-state index contributed by atoms with van der Waals surface area (Å²) >= 11 is 0. The van der Waals surface area contributed by atoms with E-state index in [1.54, 1.807) is 0 Å². The zero-order valence-corrected chi connectivity index (χ0v) is 12.7. The van der Waals surface area contributed by atoms with Gasteiger partial charge in [0.15, 0.2) is 0 Å². The predicted molar refractivity (Wildman–Crippen MR) is 79.2 cm³/mol. The molecule has 0 fully saturated rings. The monoisotopic (exact) mass is 265 g/mol. The van der Waals surface area contributed by atoms with Crippen molar-refractivity contribution < 1.29 is 9.47 Å². The second kappa shape index (κ2) is 9.08. The third-order valence-electron chi connectivity index (χ3n) is 3.15. The lowest BCUT2D eigenvalue weighted by atomic mass is 10.1. The molecule has 1 aromatic carbocycles. The van der Waals surface area contributed by atoms with Gasteiger partial charge in [0.05, 0.1) is 19.8 Å². The predicted octanol–water partition coefficient (Wildman–Crippen LogP) is 3.08. The van der Waals surface area contributed by atoms with Crippen LogP contribution in [0.2, 0.25) is 0 Å². The highest BCUT2D eigenvalue weighted by atomic mass is 16.5. The summed E-state index contributed by atoms with van der Waals surface area (Å²) in [4.78, 5) is 2.33. The van der Waals surface area contributed by atoms with Gasteiger partial charge in [-0.1, -0.05) is 24.3 Å². The van der Waals surface area contributed by atoms with Crippen LogP contribution in [-0.2, 0) is 22.6 Å². The van der Waals surface area contributed by atoms with Gasteiger partial charge >= 0.3 is 0 Å². The van der Waals surface area contributed by atoms with Crippen molar-refractivity contribution in [3.8, 4) is 0 Å². The molecular formula is C16H27NO2. The molecule has 0 aromatic heterocycles. The van der Waals surface area contributed by atoms with Crippen molar-refractivity contribution >= 4 is 0 Å². The smallest absolute Gasteiger partial charge is 0.0718 e. The standard InChI is InChI=1S/C16H27NO2/c1-5-18-9-10-19-13-16-8-6-7-15(11-16)12-17(4)14(2)3/h6-8,11,14H,5,9-10,12-13H2,1-4H3. The Morgan fingerprint density at radius 3 is 2.47 bits per heavy atom. The molecule has 1 rings (SSSR count). The first-order chi connectivity index (χ1) is 9.13. The molecule has 3 nitrogen and oxygen atoms in total. The topological polar surface area (TPSA) is 21.7 Å². The number of ether oxygens (including phenoxy) is 2. The van der Waals surface area contributed by atoms with Gasteiger partial charge in [0, 0.05) is 19.2 Å². The summed E-state index contributed by atoms with van der Waals surface area (Å²) in [6.45, 7) is 10.1. The summed E-state index contributed by atoms with van der Waals surface area (Å²) in [6.07, 6.45) is 0. The van der Waals surface area contributed by atoms with E-state index in [0.29, 0.717) is 25.9 Å². The maximum absolute atomic E-state index is 5.59. The first-order valence-corrected chi connectivity index (χ1v) is 7.07. The van der Waals surface area contributed by atoms with Gasteiger partial charge < -0.3 is 9.47 Å². The van der Waals surface area contributed by atoms with Crippen molar-refractivity contribution in [3.63, 3.8) is 0 Å². The lowest BCUT2D eigenvalue weighted by Gasteiger charge is -2.21. The minimum Gasteiger partial charge on any atom is -0.379 e. The third kappa shape index (κ3) is 6.71. The van der Waals surface area contributed by atoms with E-state index in [-0.39, 0.29) is 0 Å². The van der Waals surface area contributed by atoms with Crippen LogP contribution in [0.1, 0.15) is 31.9 Å². The first-order valence-electron chi connectivity index (χ1n) is 7.07. The Morgan fingerprint density at radius 1 is 1.11 bits per heavy atom. The second-order valence-corrected chi connectivity index (χ2v) is 5.08. The van der Waals surface area contributed by atoms with Crippen LogP contribution in [0.15, 0.2) is 24.3 Å². The lowest BCUT2D eigenvalue weighted by Crippen LogP contribution is -2.25. The summed E-state index contributed by atoms with van der Waals surface area (Å²) in [5.41, 5.74) is 2.56. The van der Waals surface area contributed by atoms with Crippen LogP contribution in [-0.4, -0.2) is 37.8 Å². The van der Waals surface area contributed by atoms with Crippen molar-refractivity contribution in [1.82, 2.24) is 4.90 Å². The van der Waals surface area contributed by atoms with Crippen LogP contribution < -0.4 is 0 Å². The largest absolute Gasteiger partial charge is 0.379 e. The van der Waals surface area contributed by atoms with Crippen molar-refractivity contribution in [2.45, 2.75) is 40.0 Å². The summed E-state index contributed by atoms with van der Waals surface area (Å²) in [7, 11) is 2.15. The fourth-order valence-corrected chi connectivity index (χ4v) is 1.74. The Bertz CT molecular complexity index is 352.